The number of amides is 2. The SMILES string of the molecule is O=C(Nc1nnns1)Nc1cccnc1C(=O)O. The van der Waals surface area contributed by atoms with Crippen molar-refractivity contribution >= 4 is 34.4 Å². The van der Waals surface area contributed by atoms with E-state index in [4.69, 9.17) is 5.11 Å². The van der Waals surface area contributed by atoms with Crippen LogP contribution in [0.5, 0.6) is 0 Å². The number of nitrogens with zero attached hydrogens (tertiary/aromatic N) is 4. The van der Waals surface area contributed by atoms with E-state index in [0.29, 0.717) is 0 Å². The van der Waals surface area contributed by atoms with Crippen LogP contribution in [-0.2, 0) is 0 Å². The average molecular weight is 266 g/mol. The molecule has 2 heterocycles. The normalized spacial score (nSPS) is 9.78. The van der Waals surface area contributed by atoms with Gasteiger partial charge in [0.25, 0.3) is 0 Å². The van der Waals surface area contributed by atoms with E-state index in [-0.39, 0.29) is 16.5 Å². The van der Waals surface area contributed by atoms with Gasteiger partial charge in [-0.05, 0) is 17.3 Å². The van der Waals surface area contributed by atoms with E-state index >= 15 is 0 Å². The highest BCUT2D eigenvalue weighted by Gasteiger charge is 2.13. The highest BCUT2D eigenvalue weighted by molar-refractivity contribution is 7.09. The maximum atomic E-state index is 11.5. The van der Waals surface area contributed by atoms with Gasteiger partial charge in [0.05, 0.1) is 5.69 Å². The molecule has 0 aliphatic rings. The lowest BCUT2D eigenvalue weighted by Crippen LogP contribution is -2.21. The zero-order valence-corrected chi connectivity index (χ0v) is 9.51. The largest absolute Gasteiger partial charge is 0.476 e. The van der Waals surface area contributed by atoms with E-state index in [1.54, 1.807) is 0 Å². The molecule has 0 saturated carbocycles. The van der Waals surface area contributed by atoms with Crippen molar-refractivity contribution in [1.82, 2.24) is 19.8 Å². The van der Waals surface area contributed by atoms with E-state index in [2.05, 4.69) is 30.4 Å². The number of urea groups is 1. The Bertz CT molecular complexity index is 572. The van der Waals surface area contributed by atoms with Crippen molar-refractivity contribution in [3.05, 3.63) is 24.0 Å². The molecular formula is C8H6N6O3S. The van der Waals surface area contributed by atoms with Crippen LogP contribution >= 0.6 is 11.5 Å². The predicted octanol–water partition coefficient (Wildman–Crippen LogP) is 0.670. The number of carbonyl (C=O) groups is 2. The van der Waals surface area contributed by atoms with Crippen molar-refractivity contribution in [2.45, 2.75) is 0 Å². The van der Waals surface area contributed by atoms with Crippen molar-refractivity contribution in [3.8, 4) is 0 Å². The fraction of sp³-hybridized carbons (Fsp3) is 0. The second-order valence-corrected chi connectivity index (χ2v) is 3.68. The van der Waals surface area contributed by atoms with E-state index in [9.17, 15) is 9.59 Å². The van der Waals surface area contributed by atoms with Gasteiger partial charge in [0.2, 0.25) is 5.13 Å². The molecule has 2 aromatic heterocycles. The molecule has 92 valence electrons. The smallest absolute Gasteiger partial charge is 0.356 e. The Morgan fingerprint density at radius 2 is 2.17 bits per heavy atom. The number of rotatable bonds is 3. The zero-order valence-electron chi connectivity index (χ0n) is 8.69. The summed E-state index contributed by atoms with van der Waals surface area (Å²) in [7, 11) is 0. The quantitative estimate of drug-likeness (QED) is 0.744. The molecule has 0 aromatic carbocycles. The number of anilines is 2. The summed E-state index contributed by atoms with van der Waals surface area (Å²) in [6, 6.07) is 2.28. The molecule has 0 saturated heterocycles. The first-order valence-electron chi connectivity index (χ1n) is 4.58. The molecule has 18 heavy (non-hydrogen) atoms. The van der Waals surface area contributed by atoms with Crippen LogP contribution in [0.2, 0.25) is 0 Å². The summed E-state index contributed by atoms with van der Waals surface area (Å²) < 4.78 is 3.46. The van der Waals surface area contributed by atoms with Crippen molar-refractivity contribution in [2.24, 2.45) is 0 Å². The van der Waals surface area contributed by atoms with Crippen molar-refractivity contribution in [3.63, 3.8) is 0 Å². The van der Waals surface area contributed by atoms with Gasteiger partial charge >= 0.3 is 12.0 Å². The number of carboxylic acid groups (broad SMARTS) is 1. The number of nitrogens with one attached hydrogen (secondary N) is 2. The van der Waals surface area contributed by atoms with Crippen LogP contribution in [0, 0.1) is 0 Å². The average Bonchev–Trinajstić information content (AvgIpc) is 2.82. The maximum Gasteiger partial charge on any atom is 0.356 e. The first-order chi connectivity index (χ1) is 8.66. The maximum absolute atomic E-state index is 11.5. The first kappa shape index (κ1) is 11.9. The number of pyridine rings is 1. The number of aromatic carboxylic acids is 1. The Kier molecular flexibility index (Phi) is 3.38. The van der Waals surface area contributed by atoms with E-state index in [0.717, 1.165) is 11.5 Å². The molecule has 2 amide bonds. The lowest BCUT2D eigenvalue weighted by Gasteiger charge is -2.06. The minimum atomic E-state index is -1.23. The molecule has 0 aliphatic carbocycles. The minimum absolute atomic E-state index is 0.0833. The number of hydrogen-bond donors (Lipinski definition) is 3. The molecule has 0 spiro atoms. The Morgan fingerprint density at radius 3 is 2.83 bits per heavy atom. The standard InChI is InChI=1S/C8H6N6O3S/c15-6(16)5-4(2-1-3-9-5)10-7(17)11-8-12-13-14-18-8/h1-3H,(H,15,16)(H2,10,11,12,14,17). The fourth-order valence-corrected chi connectivity index (χ4v) is 1.47. The molecule has 0 radical (unpaired) electrons. The van der Waals surface area contributed by atoms with Crippen molar-refractivity contribution in [2.75, 3.05) is 10.6 Å². The molecule has 0 unspecified atom stereocenters. The van der Waals surface area contributed by atoms with Crippen LogP contribution in [0.3, 0.4) is 0 Å². The van der Waals surface area contributed by atoms with Gasteiger partial charge in [-0.15, -0.1) is 0 Å². The zero-order chi connectivity index (χ0) is 13.0. The van der Waals surface area contributed by atoms with E-state index in [1.807, 2.05) is 0 Å². The third-order valence-electron chi connectivity index (χ3n) is 1.78. The van der Waals surface area contributed by atoms with Crippen LogP contribution < -0.4 is 10.6 Å². The van der Waals surface area contributed by atoms with Crippen LogP contribution in [0.4, 0.5) is 15.6 Å². The summed E-state index contributed by atoms with van der Waals surface area (Å²) in [4.78, 5) is 26.0. The molecule has 0 fully saturated rings. The molecule has 0 bridgehead atoms. The van der Waals surface area contributed by atoms with Gasteiger partial charge in [-0.2, -0.15) is 0 Å². The van der Waals surface area contributed by atoms with Crippen LogP contribution in [0.15, 0.2) is 18.3 Å². The monoisotopic (exact) mass is 266 g/mol. The number of carbonyl (C=O) groups excluding carboxylic acids is 1. The Morgan fingerprint density at radius 1 is 1.33 bits per heavy atom. The van der Waals surface area contributed by atoms with Gasteiger partial charge in [0, 0.05) is 17.7 Å². The molecule has 0 atom stereocenters. The molecule has 3 N–H and O–H groups in total. The van der Waals surface area contributed by atoms with Crippen LogP contribution in [0.25, 0.3) is 0 Å². The number of hydrogen-bond acceptors (Lipinski definition) is 7. The van der Waals surface area contributed by atoms with Crippen LogP contribution in [0.1, 0.15) is 10.5 Å². The van der Waals surface area contributed by atoms with Gasteiger partial charge in [-0.25, -0.2) is 14.6 Å². The lowest BCUT2D eigenvalue weighted by molar-refractivity contribution is 0.0692. The Balaban J connectivity index is 2.09. The minimum Gasteiger partial charge on any atom is -0.476 e. The van der Waals surface area contributed by atoms with Gasteiger partial charge in [0.15, 0.2) is 5.69 Å². The van der Waals surface area contributed by atoms with E-state index < -0.39 is 12.0 Å². The second kappa shape index (κ2) is 5.14. The second-order valence-electron chi connectivity index (χ2n) is 2.95. The van der Waals surface area contributed by atoms with Crippen molar-refractivity contribution in [1.29, 1.82) is 0 Å². The van der Waals surface area contributed by atoms with Gasteiger partial charge in [-0.3, -0.25) is 5.32 Å². The number of carboxylic acids is 1. The Labute approximate surface area is 104 Å². The predicted molar refractivity (Wildman–Crippen MR) is 61.5 cm³/mol. The summed E-state index contributed by atoms with van der Waals surface area (Å²) >= 11 is 0.896. The van der Waals surface area contributed by atoms with Crippen LogP contribution in [-0.4, -0.2) is 36.9 Å². The van der Waals surface area contributed by atoms with E-state index in [1.165, 1.54) is 18.3 Å². The third-order valence-corrected chi connectivity index (χ3v) is 2.29. The third kappa shape index (κ3) is 2.74. The summed E-state index contributed by atoms with van der Waals surface area (Å²) in [5.41, 5.74) is -0.164. The first-order valence-corrected chi connectivity index (χ1v) is 5.35. The fourth-order valence-electron chi connectivity index (χ4n) is 1.11. The molecule has 9 nitrogen and oxygen atoms in total. The summed E-state index contributed by atoms with van der Waals surface area (Å²) in [5, 5.41) is 20.6. The summed E-state index contributed by atoms with van der Waals surface area (Å²) in [6.07, 6.45) is 1.32. The molecule has 0 aliphatic heterocycles. The lowest BCUT2D eigenvalue weighted by atomic mass is 10.3. The summed E-state index contributed by atoms with van der Waals surface area (Å²) in [5.74, 6) is -1.23. The molecular weight excluding hydrogens is 260 g/mol. The topological polar surface area (TPSA) is 130 Å². The van der Waals surface area contributed by atoms with Crippen molar-refractivity contribution < 1.29 is 14.7 Å². The highest BCUT2D eigenvalue weighted by atomic mass is 32.1. The van der Waals surface area contributed by atoms with Gasteiger partial charge < -0.3 is 10.4 Å². The molecule has 2 rings (SSSR count). The molecule has 10 heteroatoms. The highest BCUT2D eigenvalue weighted by Crippen LogP contribution is 2.13. The van der Waals surface area contributed by atoms with Gasteiger partial charge in [-0.1, -0.05) is 9.59 Å². The molecule has 2 aromatic rings. The summed E-state index contributed by atoms with van der Waals surface area (Å²) in [6.45, 7) is 0. The van der Waals surface area contributed by atoms with Gasteiger partial charge in [0.1, 0.15) is 0 Å². The number of aromatic nitrogens is 4. The Hall–Kier alpha value is -2.62.